The lowest BCUT2D eigenvalue weighted by atomic mass is 9.80. The zero-order chi connectivity index (χ0) is 15.5. The lowest BCUT2D eigenvalue weighted by Crippen LogP contribution is -2.51. The van der Waals surface area contributed by atoms with Crippen molar-refractivity contribution in [2.75, 3.05) is 19.3 Å². The molecule has 0 aromatic rings. The highest BCUT2D eigenvalue weighted by molar-refractivity contribution is 7.99. The van der Waals surface area contributed by atoms with Crippen LogP contribution in [0.2, 0.25) is 0 Å². The molecule has 5 nitrogen and oxygen atoms in total. The van der Waals surface area contributed by atoms with Gasteiger partial charge in [-0.1, -0.05) is 6.42 Å². The Bertz CT molecular complexity index is 394. The average molecular weight is 314 g/mol. The molecule has 2 rings (SSSR count). The number of hydrogen-bond donors (Lipinski definition) is 2. The second-order valence-electron chi connectivity index (χ2n) is 6.52. The van der Waals surface area contributed by atoms with Gasteiger partial charge in [-0.15, -0.1) is 0 Å². The zero-order valence-electron chi connectivity index (χ0n) is 12.9. The van der Waals surface area contributed by atoms with Crippen molar-refractivity contribution >= 4 is 23.8 Å². The zero-order valence-corrected chi connectivity index (χ0v) is 13.7. The number of aliphatic carboxylic acids is 1. The van der Waals surface area contributed by atoms with Crippen LogP contribution >= 0.6 is 11.8 Å². The van der Waals surface area contributed by atoms with Crippen LogP contribution < -0.4 is 5.32 Å². The Labute approximate surface area is 130 Å². The maximum atomic E-state index is 12.3. The molecule has 2 aliphatic rings. The fourth-order valence-electron chi connectivity index (χ4n) is 3.17. The Hall–Kier alpha value is -0.910. The van der Waals surface area contributed by atoms with Crippen LogP contribution in [0.5, 0.6) is 0 Å². The summed E-state index contributed by atoms with van der Waals surface area (Å²) < 4.78 is 0. The summed E-state index contributed by atoms with van der Waals surface area (Å²) >= 11 is 1.88. The number of rotatable bonds is 3. The van der Waals surface area contributed by atoms with Crippen LogP contribution in [-0.4, -0.2) is 52.6 Å². The number of nitrogens with zero attached hydrogens (tertiary/aromatic N) is 1. The van der Waals surface area contributed by atoms with Crippen LogP contribution in [-0.2, 0) is 4.79 Å². The number of amides is 2. The third kappa shape index (κ3) is 4.05. The van der Waals surface area contributed by atoms with E-state index < -0.39 is 11.4 Å². The quantitative estimate of drug-likeness (QED) is 0.840. The Morgan fingerprint density at radius 1 is 1.29 bits per heavy atom. The lowest BCUT2D eigenvalue weighted by Gasteiger charge is -2.37. The van der Waals surface area contributed by atoms with E-state index in [4.69, 9.17) is 0 Å². The number of urea groups is 1. The molecule has 2 atom stereocenters. The van der Waals surface area contributed by atoms with Crippen molar-refractivity contribution in [3.05, 3.63) is 0 Å². The van der Waals surface area contributed by atoms with E-state index in [1.807, 2.05) is 11.8 Å². The Balaban J connectivity index is 1.81. The van der Waals surface area contributed by atoms with Gasteiger partial charge >= 0.3 is 12.0 Å². The molecule has 1 saturated heterocycles. The Morgan fingerprint density at radius 3 is 2.52 bits per heavy atom. The predicted molar refractivity (Wildman–Crippen MR) is 84.6 cm³/mol. The predicted octanol–water partition coefficient (Wildman–Crippen LogP) is 2.56. The minimum absolute atomic E-state index is 0.0193. The van der Waals surface area contributed by atoms with Crippen molar-refractivity contribution in [2.24, 2.45) is 5.41 Å². The van der Waals surface area contributed by atoms with Gasteiger partial charge in [0.1, 0.15) is 0 Å². The van der Waals surface area contributed by atoms with Crippen LogP contribution in [0, 0.1) is 5.41 Å². The molecule has 120 valence electrons. The van der Waals surface area contributed by atoms with Crippen LogP contribution in [0.3, 0.4) is 0 Å². The molecule has 6 heteroatoms. The number of hydrogen-bond acceptors (Lipinski definition) is 3. The van der Waals surface area contributed by atoms with Crippen LogP contribution in [0.1, 0.15) is 45.4 Å². The van der Waals surface area contributed by atoms with Gasteiger partial charge < -0.3 is 15.3 Å². The molecular weight excluding hydrogens is 288 g/mol. The van der Waals surface area contributed by atoms with Crippen molar-refractivity contribution in [1.29, 1.82) is 0 Å². The van der Waals surface area contributed by atoms with Crippen molar-refractivity contribution in [2.45, 2.75) is 56.7 Å². The van der Waals surface area contributed by atoms with Gasteiger partial charge in [0, 0.05) is 24.4 Å². The molecule has 2 N–H and O–H groups in total. The molecule has 21 heavy (non-hydrogen) atoms. The summed E-state index contributed by atoms with van der Waals surface area (Å²) in [4.78, 5) is 25.3. The first-order valence-electron chi connectivity index (χ1n) is 7.76. The maximum Gasteiger partial charge on any atom is 0.317 e. The van der Waals surface area contributed by atoms with E-state index >= 15 is 0 Å². The first-order chi connectivity index (χ1) is 9.94. The molecular formula is C15H26N2O3S. The van der Waals surface area contributed by atoms with Gasteiger partial charge in [-0.2, -0.15) is 11.8 Å². The summed E-state index contributed by atoms with van der Waals surface area (Å²) in [6, 6.07) is 0.255. The van der Waals surface area contributed by atoms with E-state index in [9.17, 15) is 14.7 Å². The largest absolute Gasteiger partial charge is 0.481 e. The molecule has 1 aliphatic heterocycles. The number of nitrogens with one attached hydrogen (secondary N) is 1. The molecule has 0 bridgehead atoms. The third-order valence-electron chi connectivity index (χ3n) is 4.96. The molecule has 0 aromatic heterocycles. The minimum Gasteiger partial charge on any atom is -0.481 e. The number of carboxylic acid groups (broad SMARTS) is 1. The maximum absolute atomic E-state index is 12.3. The van der Waals surface area contributed by atoms with Crippen LogP contribution in [0.25, 0.3) is 0 Å². The summed E-state index contributed by atoms with van der Waals surface area (Å²) in [5.41, 5.74) is -0.675. The molecule has 0 aromatic carbocycles. The van der Waals surface area contributed by atoms with Crippen molar-refractivity contribution in [1.82, 2.24) is 10.2 Å². The van der Waals surface area contributed by atoms with E-state index in [2.05, 4.69) is 11.6 Å². The molecule has 2 amide bonds. The van der Waals surface area contributed by atoms with E-state index in [1.54, 1.807) is 11.8 Å². The van der Waals surface area contributed by atoms with Gasteiger partial charge in [-0.3, -0.25) is 4.79 Å². The first-order valence-corrected chi connectivity index (χ1v) is 9.05. The normalized spacial score (nSPS) is 29.0. The minimum atomic E-state index is -0.752. The van der Waals surface area contributed by atoms with Crippen molar-refractivity contribution in [3.63, 3.8) is 0 Å². The standard InChI is InChI=1S/C15H26N2O3S/c1-15(13(18)19)6-8-17(9-7-15)14(20)16-11-4-3-5-12(10-11)21-2/h11-12H,3-10H2,1-2H3,(H,16,20)(H,18,19). The summed E-state index contributed by atoms with van der Waals surface area (Å²) in [7, 11) is 0. The summed E-state index contributed by atoms with van der Waals surface area (Å²) in [6.45, 7) is 2.84. The number of carbonyl (C=O) groups is 2. The topological polar surface area (TPSA) is 69.6 Å². The third-order valence-corrected chi connectivity index (χ3v) is 6.05. The second kappa shape index (κ2) is 6.90. The summed E-state index contributed by atoms with van der Waals surface area (Å²) in [5, 5.41) is 13.0. The molecule has 0 spiro atoms. The smallest absolute Gasteiger partial charge is 0.317 e. The second-order valence-corrected chi connectivity index (χ2v) is 7.66. The monoisotopic (exact) mass is 314 g/mol. The summed E-state index contributed by atoms with van der Waals surface area (Å²) in [5.74, 6) is -0.752. The van der Waals surface area contributed by atoms with E-state index in [0.717, 1.165) is 12.8 Å². The number of thioether (sulfide) groups is 1. The van der Waals surface area contributed by atoms with Crippen LogP contribution in [0.15, 0.2) is 0 Å². The Kier molecular flexibility index (Phi) is 5.41. The summed E-state index contributed by atoms with van der Waals surface area (Å²) in [6.07, 6.45) is 7.73. The molecule has 2 fully saturated rings. The highest BCUT2D eigenvalue weighted by Crippen LogP contribution is 2.31. The fourth-order valence-corrected chi connectivity index (χ4v) is 4.00. The molecule has 1 heterocycles. The lowest BCUT2D eigenvalue weighted by molar-refractivity contribution is -0.150. The number of piperidine rings is 1. The van der Waals surface area contributed by atoms with Gasteiger partial charge in [-0.25, -0.2) is 4.79 Å². The molecule has 2 unspecified atom stereocenters. The molecule has 1 aliphatic carbocycles. The van der Waals surface area contributed by atoms with Gasteiger partial charge in [0.2, 0.25) is 0 Å². The van der Waals surface area contributed by atoms with Crippen LogP contribution in [0.4, 0.5) is 4.79 Å². The van der Waals surface area contributed by atoms with E-state index in [-0.39, 0.29) is 12.1 Å². The highest BCUT2D eigenvalue weighted by atomic mass is 32.2. The molecule has 1 saturated carbocycles. The van der Waals surface area contributed by atoms with Gasteiger partial charge in [0.15, 0.2) is 0 Å². The number of carbonyl (C=O) groups excluding carboxylic acids is 1. The van der Waals surface area contributed by atoms with Gasteiger partial charge in [0.05, 0.1) is 5.41 Å². The van der Waals surface area contributed by atoms with E-state index in [1.165, 1.54) is 12.8 Å². The SMILES string of the molecule is CSC1CCCC(NC(=O)N2CCC(C)(C(=O)O)CC2)C1. The van der Waals surface area contributed by atoms with Crippen molar-refractivity contribution in [3.8, 4) is 0 Å². The van der Waals surface area contributed by atoms with E-state index in [0.29, 0.717) is 31.2 Å². The number of carboxylic acids is 1. The first kappa shape index (κ1) is 16.5. The fraction of sp³-hybridized carbons (Fsp3) is 0.867. The Morgan fingerprint density at radius 2 is 1.95 bits per heavy atom. The average Bonchev–Trinajstić information content (AvgIpc) is 2.48. The molecule has 0 radical (unpaired) electrons. The van der Waals surface area contributed by atoms with Gasteiger partial charge in [0.25, 0.3) is 0 Å². The number of likely N-dealkylation sites (tertiary alicyclic amines) is 1. The highest BCUT2D eigenvalue weighted by Gasteiger charge is 2.38. The van der Waals surface area contributed by atoms with Gasteiger partial charge in [-0.05, 0) is 45.3 Å². The van der Waals surface area contributed by atoms with Crippen molar-refractivity contribution < 1.29 is 14.7 Å².